The van der Waals surface area contributed by atoms with Crippen LogP contribution in [0.2, 0.25) is 0 Å². The number of hydrogen-bond donors (Lipinski definition) is 2. The van der Waals surface area contributed by atoms with Crippen LogP contribution in [-0.2, 0) is 4.74 Å². The molecule has 0 bridgehead atoms. The highest BCUT2D eigenvalue weighted by Crippen LogP contribution is 2.36. The Labute approximate surface area is 124 Å². The van der Waals surface area contributed by atoms with Crippen molar-refractivity contribution in [2.45, 2.75) is 42.4 Å². The van der Waals surface area contributed by atoms with Gasteiger partial charge in [-0.2, -0.15) is 0 Å². The zero-order valence-corrected chi connectivity index (χ0v) is 13.1. The molecule has 0 aliphatic carbocycles. The zero-order valence-electron chi connectivity index (χ0n) is 12.3. The van der Waals surface area contributed by atoms with Gasteiger partial charge in [0.2, 0.25) is 0 Å². The zero-order chi connectivity index (χ0) is 15.0. The summed E-state index contributed by atoms with van der Waals surface area (Å²) in [5.74, 6) is 0. The van der Waals surface area contributed by atoms with Crippen molar-refractivity contribution >= 4 is 17.9 Å². The van der Waals surface area contributed by atoms with Gasteiger partial charge in [-0.3, -0.25) is 0 Å². The van der Waals surface area contributed by atoms with Gasteiger partial charge in [0.1, 0.15) is 0 Å². The molecular formula is C15H23NO3S. The number of hydrogen-bond acceptors (Lipinski definition) is 4. The number of rotatable bonds is 7. The Balaban J connectivity index is 2.37. The van der Waals surface area contributed by atoms with E-state index in [1.54, 1.807) is 11.8 Å². The Morgan fingerprint density at radius 3 is 2.65 bits per heavy atom. The molecule has 1 unspecified atom stereocenters. The Kier molecular flexibility index (Phi) is 6.88. The van der Waals surface area contributed by atoms with Crippen molar-refractivity contribution in [3.63, 3.8) is 0 Å². The van der Waals surface area contributed by atoms with E-state index in [0.717, 1.165) is 11.3 Å². The van der Waals surface area contributed by atoms with Crippen LogP contribution in [-0.4, -0.2) is 35.7 Å². The van der Waals surface area contributed by atoms with Gasteiger partial charge in [0, 0.05) is 16.2 Å². The molecule has 0 fully saturated rings. The van der Waals surface area contributed by atoms with E-state index in [2.05, 4.69) is 10.1 Å². The standard InChI is InChI=1S/C15H23NO3S/c1-15(2,20-12-8-5-4-6-9-12)13(17)10-7-11-16-14(18)19-3/h4-6,8-9,13,17H,7,10-11H2,1-3H3,(H,16,18). The van der Waals surface area contributed by atoms with Crippen LogP contribution >= 0.6 is 11.8 Å². The fourth-order valence-electron chi connectivity index (χ4n) is 1.77. The lowest BCUT2D eigenvalue weighted by Gasteiger charge is -2.30. The molecule has 20 heavy (non-hydrogen) atoms. The lowest BCUT2D eigenvalue weighted by atomic mass is 10.0. The molecule has 0 heterocycles. The maximum Gasteiger partial charge on any atom is 0.406 e. The lowest BCUT2D eigenvalue weighted by molar-refractivity contribution is 0.129. The third-order valence-corrected chi connectivity index (χ3v) is 4.34. The second-order valence-electron chi connectivity index (χ2n) is 5.09. The summed E-state index contributed by atoms with van der Waals surface area (Å²) in [6, 6.07) is 10.0. The van der Waals surface area contributed by atoms with Crippen LogP contribution in [0.3, 0.4) is 0 Å². The van der Waals surface area contributed by atoms with Gasteiger partial charge in [0.05, 0.1) is 13.2 Å². The van der Waals surface area contributed by atoms with E-state index >= 15 is 0 Å². The number of ether oxygens (including phenoxy) is 1. The molecule has 0 aliphatic rings. The predicted molar refractivity (Wildman–Crippen MR) is 82.0 cm³/mol. The molecule has 1 amide bonds. The maximum atomic E-state index is 10.9. The molecule has 2 N–H and O–H groups in total. The van der Waals surface area contributed by atoms with Crippen molar-refractivity contribution < 1.29 is 14.6 Å². The van der Waals surface area contributed by atoms with E-state index in [9.17, 15) is 9.90 Å². The first-order chi connectivity index (χ1) is 9.45. The summed E-state index contributed by atoms with van der Waals surface area (Å²) in [6.07, 6.45) is 0.482. The molecule has 0 spiro atoms. The maximum absolute atomic E-state index is 10.9. The van der Waals surface area contributed by atoms with E-state index in [4.69, 9.17) is 0 Å². The first kappa shape index (κ1) is 16.9. The molecule has 0 radical (unpaired) electrons. The topological polar surface area (TPSA) is 58.6 Å². The molecule has 1 aromatic carbocycles. The van der Waals surface area contributed by atoms with Crippen LogP contribution in [0, 0.1) is 0 Å². The number of methoxy groups -OCH3 is 1. The molecule has 1 atom stereocenters. The normalized spacial score (nSPS) is 12.8. The van der Waals surface area contributed by atoms with Crippen molar-refractivity contribution in [1.29, 1.82) is 0 Å². The Morgan fingerprint density at radius 1 is 1.40 bits per heavy atom. The highest BCUT2D eigenvalue weighted by atomic mass is 32.2. The third kappa shape index (κ3) is 5.84. The van der Waals surface area contributed by atoms with Gasteiger partial charge in [-0.15, -0.1) is 11.8 Å². The monoisotopic (exact) mass is 297 g/mol. The molecule has 112 valence electrons. The summed E-state index contributed by atoms with van der Waals surface area (Å²) >= 11 is 1.66. The number of thioether (sulfide) groups is 1. The second-order valence-corrected chi connectivity index (χ2v) is 6.82. The lowest BCUT2D eigenvalue weighted by Crippen LogP contribution is -2.34. The summed E-state index contributed by atoms with van der Waals surface area (Å²) in [7, 11) is 1.34. The minimum absolute atomic E-state index is 0.271. The smallest absolute Gasteiger partial charge is 0.406 e. The van der Waals surface area contributed by atoms with E-state index < -0.39 is 12.2 Å². The molecule has 5 heteroatoms. The number of carbonyl (C=O) groups excluding carboxylic acids is 1. The summed E-state index contributed by atoms with van der Waals surface area (Å²) in [5, 5.41) is 12.9. The number of carbonyl (C=O) groups is 1. The molecule has 1 aromatic rings. The Hall–Kier alpha value is -1.20. The van der Waals surface area contributed by atoms with Crippen molar-refractivity contribution in [2.24, 2.45) is 0 Å². The van der Waals surface area contributed by atoms with Gasteiger partial charge in [0.15, 0.2) is 0 Å². The van der Waals surface area contributed by atoms with Crippen LogP contribution in [0.4, 0.5) is 4.79 Å². The van der Waals surface area contributed by atoms with Crippen molar-refractivity contribution in [3.05, 3.63) is 30.3 Å². The number of aliphatic hydroxyl groups excluding tert-OH is 1. The fraction of sp³-hybridized carbons (Fsp3) is 0.533. The van der Waals surface area contributed by atoms with Gasteiger partial charge in [-0.25, -0.2) is 4.79 Å². The summed E-state index contributed by atoms with van der Waals surface area (Å²) in [6.45, 7) is 4.57. The van der Waals surface area contributed by atoms with E-state index in [-0.39, 0.29) is 4.75 Å². The largest absolute Gasteiger partial charge is 0.453 e. The van der Waals surface area contributed by atoms with Gasteiger partial charge in [-0.05, 0) is 38.8 Å². The quantitative estimate of drug-likeness (QED) is 0.600. The third-order valence-electron chi connectivity index (χ3n) is 3.04. The average Bonchev–Trinajstić information content (AvgIpc) is 2.43. The van der Waals surface area contributed by atoms with Gasteiger partial charge < -0.3 is 15.2 Å². The SMILES string of the molecule is COC(=O)NCCCC(O)C(C)(C)Sc1ccccc1. The minimum Gasteiger partial charge on any atom is -0.453 e. The molecule has 0 aromatic heterocycles. The molecule has 0 aliphatic heterocycles. The minimum atomic E-state index is -0.438. The highest BCUT2D eigenvalue weighted by molar-refractivity contribution is 8.00. The second kappa shape index (κ2) is 8.17. The summed E-state index contributed by atoms with van der Waals surface area (Å²) in [4.78, 5) is 12.0. The number of benzene rings is 1. The molecular weight excluding hydrogens is 274 g/mol. The summed E-state index contributed by atoms with van der Waals surface area (Å²) < 4.78 is 4.22. The molecule has 0 saturated heterocycles. The first-order valence-corrected chi connectivity index (χ1v) is 7.51. The summed E-state index contributed by atoms with van der Waals surface area (Å²) in [5.41, 5.74) is 0. The first-order valence-electron chi connectivity index (χ1n) is 6.69. The fourth-order valence-corrected chi connectivity index (χ4v) is 2.92. The van der Waals surface area contributed by atoms with E-state index in [1.165, 1.54) is 7.11 Å². The predicted octanol–water partition coefficient (Wildman–Crippen LogP) is 3.05. The van der Waals surface area contributed by atoms with Gasteiger partial charge in [-0.1, -0.05) is 18.2 Å². The number of alkyl carbamates (subject to hydrolysis) is 1. The van der Waals surface area contributed by atoms with Crippen LogP contribution in [0.15, 0.2) is 35.2 Å². The number of amides is 1. The van der Waals surface area contributed by atoms with Crippen LogP contribution < -0.4 is 5.32 Å². The van der Waals surface area contributed by atoms with E-state index in [0.29, 0.717) is 13.0 Å². The molecule has 1 rings (SSSR count). The Morgan fingerprint density at radius 2 is 2.05 bits per heavy atom. The van der Waals surface area contributed by atoms with Gasteiger partial charge in [0.25, 0.3) is 0 Å². The van der Waals surface area contributed by atoms with E-state index in [1.807, 2.05) is 44.2 Å². The van der Waals surface area contributed by atoms with Crippen LogP contribution in [0.1, 0.15) is 26.7 Å². The van der Waals surface area contributed by atoms with Crippen molar-refractivity contribution in [2.75, 3.05) is 13.7 Å². The average molecular weight is 297 g/mol. The molecule has 0 saturated carbocycles. The van der Waals surface area contributed by atoms with Crippen LogP contribution in [0.25, 0.3) is 0 Å². The highest BCUT2D eigenvalue weighted by Gasteiger charge is 2.28. The number of nitrogens with one attached hydrogen (secondary N) is 1. The van der Waals surface area contributed by atoms with Crippen molar-refractivity contribution in [1.82, 2.24) is 5.32 Å². The van der Waals surface area contributed by atoms with Crippen LogP contribution in [0.5, 0.6) is 0 Å². The Bertz CT molecular complexity index is 409. The number of aliphatic hydroxyl groups is 1. The van der Waals surface area contributed by atoms with Crippen molar-refractivity contribution in [3.8, 4) is 0 Å². The molecule has 4 nitrogen and oxygen atoms in total. The van der Waals surface area contributed by atoms with Gasteiger partial charge >= 0.3 is 6.09 Å².